The van der Waals surface area contributed by atoms with Crippen molar-refractivity contribution in [2.75, 3.05) is 20.3 Å². The molecule has 0 fully saturated rings. The molecule has 2 atom stereocenters. The Hall–Kier alpha value is -0.280. The molecule has 0 aliphatic carbocycles. The summed E-state index contributed by atoms with van der Waals surface area (Å²) in [5, 5.41) is 4.85. The molecular weight excluding hydrogens is 293 g/mol. The Bertz CT molecular complexity index is 398. The number of nitrogens with one attached hydrogen (secondary N) is 1. The molecule has 1 aromatic carbocycles. The molecule has 1 rings (SSSR count). The molecule has 20 heavy (non-hydrogen) atoms. The Kier molecular flexibility index (Phi) is 8.55. The van der Waals surface area contributed by atoms with E-state index in [2.05, 4.69) is 25.2 Å². The van der Waals surface area contributed by atoms with Crippen molar-refractivity contribution in [2.45, 2.75) is 39.2 Å². The van der Waals surface area contributed by atoms with Crippen LogP contribution in [0.1, 0.15) is 32.3 Å². The molecule has 2 unspecified atom stereocenters. The Morgan fingerprint density at radius 1 is 1.25 bits per heavy atom. The van der Waals surface area contributed by atoms with E-state index < -0.39 is 0 Å². The van der Waals surface area contributed by atoms with Crippen LogP contribution >= 0.6 is 23.2 Å². The van der Waals surface area contributed by atoms with E-state index in [0.717, 1.165) is 32.4 Å². The summed E-state index contributed by atoms with van der Waals surface area (Å²) in [5.41, 5.74) is 1.22. The van der Waals surface area contributed by atoms with Crippen LogP contribution < -0.4 is 5.32 Å². The van der Waals surface area contributed by atoms with Gasteiger partial charge in [-0.25, -0.2) is 0 Å². The topological polar surface area (TPSA) is 21.3 Å². The lowest BCUT2D eigenvalue weighted by molar-refractivity contribution is 0.149. The van der Waals surface area contributed by atoms with Crippen LogP contribution in [0.2, 0.25) is 10.0 Å². The Balaban J connectivity index is 2.64. The molecule has 114 valence electrons. The van der Waals surface area contributed by atoms with Crippen LogP contribution in [0.3, 0.4) is 0 Å². The first kappa shape index (κ1) is 17.8. The number of hydrogen-bond acceptors (Lipinski definition) is 2. The van der Waals surface area contributed by atoms with E-state index in [4.69, 9.17) is 27.9 Å². The number of benzene rings is 1. The zero-order valence-corrected chi connectivity index (χ0v) is 14.1. The summed E-state index contributed by atoms with van der Waals surface area (Å²) in [6.45, 7) is 6.23. The molecule has 0 aliphatic heterocycles. The molecule has 0 amide bonds. The highest BCUT2D eigenvalue weighted by Gasteiger charge is 2.14. The minimum Gasteiger partial charge on any atom is -0.384 e. The lowest BCUT2D eigenvalue weighted by Crippen LogP contribution is -2.34. The molecule has 0 heterocycles. The predicted molar refractivity (Wildman–Crippen MR) is 87.9 cm³/mol. The smallest absolute Gasteiger partial charge is 0.0595 e. The summed E-state index contributed by atoms with van der Waals surface area (Å²) in [6.07, 6.45) is 3.19. The molecule has 2 nitrogen and oxygen atoms in total. The number of ether oxygens (including phenoxy) is 1. The Labute approximate surface area is 132 Å². The van der Waals surface area contributed by atoms with Crippen molar-refractivity contribution >= 4 is 23.2 Å². The van der Waals surface area contributed by atoms with E-state index in [1.54, 1.807) is 7.11 Å². The number of methoxy groups -OCH3 is 1. The number of rotatable bonds is 9. The van der Waals surface area contributed by atoms with Gasteiger partial charge in [0.1, 0.15) is 0 Å². The molecule has 0 saturated carbocycles. The fourth-order valence-corrected chi connectivity index (χ4v) is 2.70. The van der Waals surface area contributed by atoms with Crippen molar-refractivity contribution in [3.63, 3.8) is 0 Å². The van der Waals surface area contributed by atoms with Crippen LogP contribution in [0.5, 0.6) is 0 Å². The minimum atomic E-state index is 0.442. The minimum absolute atomic E-state index is 0.442. The van der Waals surface area contributed by atoms with Gasteiger partial charge in [-0.15, -0.1) is 0 Å². The lowest BCUT2D eigenvalue weighted by Gasteiger charge is -2.22. The van der Waals surface area contributed by atoms with Gasteiger partial charge in [0, 0.05) is 19.8 Å². The zero-order valence-electron chi connectivity index (χ0n) is 12.6. The van der Waals surface area contributed by atoms with Crippen LogP contribution in [0.25, 0.3) is 0 Å². The highest BCUT2D eigenvalue weighted by atomic mass is 35.5. The molecule has 0 bridgehead atoms. The largest absolute Gasteiger partial charge is 0.384 e. The van der Waals surface area contributed by atoms with Gasteiger partial charge >= 0.3 is 0 Å². The average Bonchev–Trinajstić information content (AvgIpc) is 2.40. The third-order valence-electron chi connectivity index (χ3n) is 3.29. The van der Waals surface area contributed by atoms with Crippen LogP contribution in [-0.2, 0) is 11.2 Å². The molecule has 0 spiro atoms. The molecule has 0 aliphatic rings. The normalized spacial score (nSPS) is 14.2. The van der Waals surface area contributed by atoms with Gasteiger partial charge in [-0.3, -0.25) is 0 Å². The quantitative estimate of drug-likeness (QED) is 0.720. The molecule has 0 saturated heterocycles. The van der Waals surface area contributed by atoms with Gasteiger partial charge in [-0.05, 0) is 49.4 Å². The Morgan fingerprint density at radius 3 is 2.60 bits per heavy atom. The summed E-state index contributed by atoms with van der Waals surface area (Å²) in [5.74, 6) is 0.539. The van der Waals surface area contributed by atoms with Crippen LogP contribution in [0.15, 0.2) is 18.2 Å². The Morgan fingerprint density at radius 2 is 2.00 bits per heavy atom. The van der Waals surface area contributed by atoms with E-state index >= 15 is 0 Å². The maximum absolute atomic E-state index is 6.08. The summed E-state index contributed by atoms with van der Waals surface area (Å²) in [7, 11) is 1.75. The highest BCUT2D eigenvalue weighted by Crippen LogP contribution is 2.24. The van der Waals surface area contributed by atoms with E-state index in [1.807, 2.05) is 12.1 Å². The van der Waals surface area contributed by atoms with Crippen LogP contribution in [-0.4, -0.2) is 26.3 Å². The SMILES string of the molecule is CCCNC(Cc1ccc(Cl)c(Cl)c1)CC(C)COC. The summed E-state index contributed by atoms with van der Waals surface area (Å²) >= 11 is 12.0. The molecule has 0 aromatic heterocycles. The first-order valence-corrected chi connectivity index (χ1v) is 7.98. The monoisotopic (exact) mass is 317 g/mol. The van der Waals surface area contributed by atoms with Crippen molar-refractivity contribution in [1.29, 1.82) is 0 Å². The lowest BCUT2D eigenvalue weighted by atomic mass is 9.96. The van der Waals surface area contributed by atoms with E-state index in [-0.39, 0.29) is 0 Å². The first-order valence-electron chi connectivity index (χ1n) is 7.23. The van der Waals surface area contributed by atoms with Crippen molar-refractivity contribution in [2.24, 2.45) is 5.92 Å². The van der Waals surface area contributed by atoms with Gasteiger partial charge in [0.05, 0.1) is 10.0 Å². The van der Waals surface area contributed by atoms with Gasteiger partial charge < -0.3 is 10.1 Å². The predicted octanol–water partition coefficient (Wildman–Crippen LogP) is 4.58. The van der Waals surface area contributed by atoms with E-state index in [9.17, 15) is 0 Å². The van der Waals surface area contributed by atoms with Crippen molar-refractivity contribution in [3.05, 3.63) is 33.8 Å². The van der Waals surface area contributed by atoms with Crippen molar-refractivity contribution in [1.82, 2.24) is 5.32 Å². The fraction of sp³-hybridized carbons (Fsp3) is 0.625. The van der Waals surface area contributed by atoms with Gasteiger partial charge in [0.15, 0.2) is 0 Å². The van der Waals surface area contributed by atoms with Crippen molar-refractivity contribution in [3.8, 4) is 0 Å². The molecule has 1 N–H and O–H groups in total. The van der Waals surface area contributed by atoms with E-state index in [0.29, 0.717) is 22.0 Å². The van der Waals surface area contributed by atoms with Gasteiger partial charge in [-0.1, -0.05) is 43.1 Å². The maximum Gasteiger partial charge on any atom is 0.0595 e. The number of hydrogen-bond donors (Lipinski definition) is 1. The summed E-state index contributed by atoms with van der Waals surface area (Å²) in [4.78, 5) is 0. The zero-order chi connectivity index (χ0) is 15.0. The van der Waals surface area contributed by atoms with Crippen LogP contribution in [0.4, 0.5) is 0 Å². The first-order chi connectivity index (χ1) is 9.56. The third-order valence-corrected chi connectivity index (χ3v) is 4.03. The van der Waals surface area contributed by atoms with Gasteiger partial charge in [-0.2, -0.15) is 0 Å². The molecule has 0 radical (unpaired) electrons. The molecule has 4 heteroatoms. The second-order valence-electron chi connectivity index (χ2n) is 5.40. The van der Waals surface area contributed by atoms with Gasteiger partial charge in [0.2, 0.25) is 0 Å². The van der Waals surface area contributed by atoms with Gasteiger partial charge in [0.25, 0.3) is 0 Å². The third kappa shape index (κ3) is 6.45. The average molecular weight is 318 g/mol. The van der Waals surface area contributed by atoms with Crippen LogP contribution in [0, 0.1) is 5.92 Å². The fourth-order valence-electron chi connectivity index (χ4n) is 2.38. The maximum atomic E-state index is 6.08. The number of halogens is 2. The highest BCUT2D eigenvalue weighted by molar-refractivity contribution is 6.42. The van der Waals surface area contributed by atoms with Crippen molar-refractivity contribution < 1.29 is 4.74 Å². The standard InChI is InChI=1S/C16H25Cl2NO/c1-4-7-19-14(8-12(2)11-20-3)9-13-5-6-15(17)16(18)10-13/h5-6,10,12,14,19H,4,7-9,11H2,1-3H3. The van der Waals surface area contributed by atoms with E-state index in [1.165, 1.54) is 5.56 Å². The second-order valence-corrected chi connectivity index (χ2v) is 6.21. The molecular formula is C16H25Cl2NO. The summed E-state index contributed by atoms with van der Waals surface area (Å²) < 4.78 is 5.23. The summed E-state index contributed by atoms with van der Waals surface area (Å²) in [6, 6.07) is 6.33. The molecule has 1 aromatic rings. The second kappa shape index (κ2) is 9.62.